The van der Waals surface area contributed by atoms with Crippen LogP contribution in [0, 0.1) is 0 Å². The zero-order valence-corrected chi connectivity index (χ0v) is 11.6. The van der Waals surface area contributed by atoms with Crippen molar-refractivity contribution in [3.8, 4) is 0 Å². The van der Waals surface area contributed by atoms with Gasteiger partial charge in [0.2, 0.25) is 0 Å². The first kappa shape index (κ1) is 15.0. The van der Waals surface area contributed by atoms with Gasteiger partial charge in [0.1, 0.15) is 11.9 Å². The molecule has 1 N–H and O–H groups in total. The van der Waals surface area contributed by atoms with Crippen molar-refractivity contribution in [2.75, 3.05) is 6.61 Å². The number of hydrogen-bond donors (Lipinski definition) is 1. The van der Waals surface area contributed by atoms with Crippen molar-refractivity contribution in [1.29, 1.82) is 0 Å². The van der Waals surface area contributed by atoms with Crippen molar-refractivity contribution in [1.82, 2.24) is 0 Å². The minimum atomic E-state index is -0.409. The molecule has 104 valence electrons. The average molecular weight is 256 g/mol. The van der Waals surface area contributed by atoms with Gasteiger partial charge in [-0.2, -0.15) is 0 Å². The standard InChI is InChI=1S/C14H24O4/c1-4-10(5-2)18-12-9-7-8-11(13(12)15)14(16)17-6-3/h10,12,15H,4-9H2,1-3H3. The van der Waals surface area contributed by atoms with Crippen LogP contribution in [0.3, 0.4) is 0 Å². The molecule has 1 rings (SSSR count). The molecule has 0 saturated carbocycles. The SMILES string of the molecule is CCOC(=O)C1=C(O)C(OC(CC)CC)CCC1. The van der Waals surface area contributed by atoms with E-state index in [2.05, 4.69) is 13.8 Å². The molecular weight excluding hydrogens is 232 g/mol. The second-order valence-corrected chi connectivity index (χ2v) is 4.54. The van der Waals surface area contributed by atoms with Crippen LogP contribution in [-0.4, -0.2) is 29.9 Å². The number of ether oxygens (including phenoxy) is 2. The van der Waals surface area contributed by atoms with Crippen LogP contribution in [0.25, 0.3) is 0 Å². The van der Waals surface area contributed by atoms with Crippen molar-refractivity contribution in [2.45, 2.75) is 65.1 Å². The normalized spacial score (nSPS) is 20.3. The molecule has 0 saturated heterocycles. The summed E-state index contributed by atoms with van der Waals surface area (Å²) in [6.07, 6.45) is 3.81. The molecule has 0 bridgehead atoms. The van der Waals surface area contributed by atoms with Crippen LogP contribution >= 0.6 is 0 Å². The molecule has 1 atom stereocenters. The van der Waals surface area contributed by atoms with Gasteiger partial charge in [0.05, 0.1) is 18.3 Å². The quantitative estimate of drug-likeness (QED) is 0.742. The van der Waals surface area contributed by atoms with E-state index >= 15 is 0 Å². The maximum atomic E-state index is 11.7. The van der Waals surface area contributed by atoms with E-state index in [0.29, 0.717) is 18.6 Å². The monoisotopic (exact) mass is 256 g/mol. The number of esters is 1. The van der Waals surface area contributed by atoms with E-state index in [-0.39, 0.29) is 18.0 Å². The van der Waals surface area contributed by atoms with Gasteiger partial charge in [-0.25, -0.2) is 4.79 Å². The van der Waals surface area contributed by atoms with Crippen LogP contribution in [-0.2, 0) is 14.3 Å². The Balaban J connectivity index is 2.75. The molecule has 0 aromatic rings. The second kappa shape index (κ2) is 7.41. The number of rotatable bonds is 6. The van der Waals surface area contributed by atoms with Gasteiger partial charge in [-0.15, -0.1) is 0 Å². The number of aliphatic hydroxyl groups is 1. The Bertz CT molecular complexity index is 305. The van der Waals surface area contributed by atoms with Gasteiger partial charge >= 0.3 is 5.97 Å². The Kier molecular flexibility index (Phi) is 6.19. The summed E-state index contributed by atoms with van der Waals surface area (Å²) >= 11 is 0. The Morgan fingerprint density at radius 1 is 1.39 bits per heavy atom. The third kappa shape index (κ3) is 3.73. The van der Waals surface area contributed by atoms with E-state index in [1.807, 2.05) is 0 Å². The lowest BCUT2D eigenvalue weighted by atomic mass is 9.95. The topological polar surface area (TPSA) is 55.8 Å². The van der Waals surface area contributed by atoms with Gasteiger partial charge in [-0.05, 0) is 39.0 Å². The van der Waals surface area contributed by atoms with Crippen LogP contribution in [0.1, 0.15) is 52.9 Å². The maximum absolute atomic E-state index is 11.7. The second-order valence-electron chi connectivity index (χ2n) is 4.54. The minimum Gasteiger partial charge on any atom is -0.509 e. The fraction of sp³-hybridized carbons (Fsp3) is 0.786. The lowest BCUT2D eigenvalue weighted by Gasteiger charge is -2.27. The van der Waals surface area contributed by atoms with Gasteiger partial charge in [-0.3, -0.25) is 0 Å². The third-order valence-corrected chi connectivity index (χ3v) is 3.30. The highest BCUT2D eigenvalue weighted by atomic mass is 16.5. The fourth-order valence-electron chi connectivity index (χ4n) is 2.19. The molecule has 0 radical (unpaired) electrons. The number of aliphatic hydroxyl groups excluding tert-OH is 1. The number of hydrogen-bond acceptors (Lipinski definition) is 4. The van der Waals surface area contributed by atoms with Crippen LogP contribution in [0.15, 0.2) is 11.3 Å². The Hall–Kier alpha value is -1.03. The lowest BCUT2D eigenvalue weighted by Crippen LogP contribution is -2.28. The first-order valence-corrected chi connectivity index (χ1v) is 6.88. The molecular formula is C14H24O4. The summed E-state index contributed by atoms with van der Waals surface area (Å²) < 4.78 is 10.8. The molecule has 0 spiro atoms. The van der Waals surface area contributed by atoms with Crippen LogP contribution in [0.2, 0.25) is 0 Å². The van der Waals surface area contributed by atoms with Gasteiger partial charge in [0, 0.05) is 0 Å². The highest BCUT2D eigenvalue weighted by Crippen LogP contribution is 2.28. The summed E-state index contributed by atoms with van der Waals surface area (Å²) in [4.78, 5) is 11.7. The van der Waals surface area contributed by atoms with Crippen molar-refractivity contribution in [3.63, 3.8) is 0 Å². The molecule has 1 aliphatic carbocycles. The summed E-state index contributed by atoms with van der Waals surface area (Å²) in [6, 6.07) is 0. The number of carbonyl (C=O) groups excluding carboxylic acids is 1. The minimum absolute atomic E-state index is 0.0756. The third-order valence-electron chi connectivity index (χ3n) is 3.30. The summed E-state index contributed by atoms with van der Waals surface area (Å²) in [5.74, 6) is -0.334. The molecule has 1 unspecified atom stereocenters. The first-order chi connectivity index (χ1) is 8.63. The van der Waals surface area contributed by atoms with E-state index < -0.39 is 5.97 Å². The van der Waals surface area contributed by atoms with Gasteiger partial charge in [0.15, 0.2) is 0 Å². The molecule has 1 aliphatic rings. The van der Waals surface area contributed by atoms with E-state index in [9.17, 15) is 9.90 Å². The maximum Gasteiger partial charge on any atom is 0.337 e. The highest BCUT2D eigenvalue weighted by molar-refractivity contribution is 5.89. The Morgan fingerprint density at radius 3 is 2.61 bits per heavy atom. The number of carbonyl (C=O) groups is 1. The Labute approximate surface area is 109 Å². The predicted octanol–water partition coefficient (Wildman–Crippen LogP) is 3.12. The zero-order valence-electron chi connectivity index (χ0n) is 11.6. The zero-order chi connectivity index (χ0) is 13.5. The largest absolute Gasteiger partial charge is 0.509 e. The van der Waals surface area contributed by atoms with Crippen LogP contribution in [0.5, 0.6) is 0 Å². The smallest absolute Gasteiger partial charge is 0.337 e. The molecule has 0 heterocycles. The van der Waals surface area contributed by atoms with E-state index in [4.69, 9.17) is 9.47 Å². The van der Waals surface area contributed by atoms with E-state index in [0.717, 1.165) is 25.7 Å². The lowest BCUT2D eigenvalue weighted by molar-refractivity contribution is -0.139. The predicted molar refractivity (Wildman–Crippen MR) is 69.4 cm³/mol. The fourth-order valence-corrected chi connectivity index (χ4v) is 2.19. The summed E-state index contributed by atoms with van der Waals surface area (Å²) in [7, 11) is 0. The van der Waals surface area contributed by atoms with Crippen LogP contribution < -0.4 is 0 Å². The van der Waals surface area contributed by atoms with Crippen molar-refractivity contribution < 1.29 is 19.4 Å². The van der Waals surface area contributed by atoms with E-state index in [1.54, 1.807) is 6.92 Å². The molecule has 4 nitrogen and oxygen atoms in total. The van der Waals surface area contributed by atoms with Gasteiger partial charge < -0.3 is 14.6 Å². The Morgan fingerprint density at radius 2 is 2.06 bits per heavy atom. The van der Waals surface area contributed by atoms with Crippen LogP contribution in [0.4, 0.5) is 0 Å². The highest BCUT2D eigenvalue weighted by Gasteiger charge is 2.29. The molecule has 18 heavy (non-hydrogen) atoms. The average Bonchev–Trinajstić information content (AvgIpc) is 2.37. The molecule has 0 amide bonds. The summed E-state index contributed by atoms with van der Waals surface area (Å²) in [6.45, 7) is 6.21. The molecule has 0 aliphatic heterocycles. The van der Waals surface area contributed by atoms with Crippen molar-refractivity contribution >= 4 is 5.97 Å². The first-order valence-electron chi connectivity index (χ1n) is 6.88. The summed E-state index contributed by atoms with van der Waals surface area (Å²) in [5, 5.41) is 10.1. The molecule has 0 aromatic heterocycles. The van der Waals surface area contributed by atoms with Gasteiger partial charge in [0.25, 0.3) is 0 Å². The van der Waals surface area contributed by atoms with Gasteiger partial charge in [-0.1, -0.05) is 13.8 Å². The molecule has 4 heteroatoms. The molecule has 0 aromatic carbocycles. The van der Waals surface area contributed by atoms with E-state index in [1.165, 1.54) is 0 Å². The van der Waals surface area contributed by atoms with Crippen molar-refractivity contribution in [3.05, 3.63) is 11.3 Å². The summed E-state index contributed by atoms with van der Waals surface area (Å²) in [5.41, 5.74) is 0.388. The van der Waals surface area contributed by atoms with Crippen molar-refractivity contribution in [2.24, 2.45) is 0 Å². The molecule has 0 fully saturated rings.